The van der Waals surface area contributed by atoms with Crippen LogP contribution < -0.4 is 0 Å². The molecule has 0 aliphatic carbocycles. The zero-order valence-corrected chi connectivity index (χ0v) is 17.1. The van der Waals surface area contributed by atoms with Crippen molar-refractivity contribution in [3.8, 4) is 22.5 Å². The van der Waals surface area contributed by atoms with Crippen LogP contribution in [0, 0.1) is 0 Å². The van der Waals surface area contributed by atoms with E-state index in [4.69, 9.17) is 5.11 Å². The minimum atomic E-state index is -4.57. The third-order valence-electron chi connectivity index (χ3n) is 5.09. The molecular formula is C24H25F3N2O2. The molecule has 1 aromatic heterocycles. The van der Waals surface area contributed by atoms with E-state index in [2.05, 4.69) is 4.98 Å². The van der Waals surface area contributed by atoms with Crippen LogP contribution in [0.1, 0.15) is 44.3 Å². The third kappa shape index (κ3) is 5.96. The normalized spacial score (nSPS) is 11.6. The van der Waals surface area contributed by atoms with Crippen molar-refractivity contribution >= 4 is 5.97 Å². The Balaban J connectivity index is 1.90. The predicted octanol–water partition coefficient (Wildman–Crippen LogP) is 6.66. The number of halogens is 3. The lowest BCUT2D eigenvalue weighted by Gasteiger charge is -2.14. The summed E-state index contributed by atoms with van der Waals surface area (Å²) in [6.45, 7) is 0.192. The van der Waals surface area contributed by atoms with Crippen LogP contribution in [0.15, 0.2) is 60.7 Å². The first-order valence-electron chi connectivity index (χ1n) is 10.4. The van der Waals surface area contributed by atoms with Gasteiger partial charge in [-0.15, -0.1) is 0 Å². The van der Waals surface area contributed by atoms with Crippen LogP contribution in [-0.4, -0.2) is 20.6 Å². The molecule has 7 heteroatoms. The van der Waals surface area contributed by atoms with Crippen molar-refractivity contribution in [2.24, 2.45) is 0 Å². The molecule has 164 valence electrons. The number of nitrogens with zero attached hydrogens (tertiary/aromatic N) is 2. The largest absolute Gasteiger partial charge is 0.481 e. The molecule has 31 heavy (non-hydrogen) atoms. The molecule has 0 radical (unpaired) electrons. The standard InChI is InChI=1S/C24H25F3N2O2/c25-24(26,27)23-28-21(18-12-6-4-7-13-18)22(19-14-8-5-9-15-19)29(23)17-11-3-1-2-10-16-20(30)31/h4-9,12-15H,1-3,10-11,16-17H2,(H,30,31). The van der Waals surface area contributed by atoms with Crippen LogP contribution in [-0.2, 0) is 17.5 Å². The van der Waals surface area contributed by atoms with E-state index >= 15 is 0 Å². The molecule has 0 fully saturated rings. The van der Waals surface area contributed by atoms with E-state index in [0.29, 0.717) is 35.4 Å². The Labute approximate surface area is 179 Å². The van der Waals surface area contributed by atoms with Crippen molar-refractivity contribution in [2.75, 3.05) is 0 Å². The number of carboxylic acid groups (broad SMARTS) is 1. The number of carbonyl (C=O) groups is 1. The van der Waals surface area contributed by atoms with Crippen LogP contribution in [0.25, 0.3) is 22.5 Å². The first kappa shape index (κ1) is 22.6. The second-order valence-electron chi connectivity index (χ2n) is 7.43. The summed E-state index contributed by atoms with van der Waals surface area (Å²) in [6.07, 6.45) is -1.04. The van der Waals surface area contributed by atoms with Gasteiger partial charge in [0.15, 0.2) is 0 Å². The van der Waals surface area contributed by atoms with Crippen molar-refractivity contribution < 1.29 is 23.1 Å². The van der Waals surface area contributed by atoms with Gasteiger partial charge in [-0.3, -0.25) is 4.79 Å². The van der Waals surface area contributed by atoms with Gasteiger partial charge in [0.2, 0.25) is 5.82 Å². The highest BCUT2D eigenvalue weighted by atomic mass is 19.4. The number of benzene rings is 2. The van der Waals surface area contributed by atoms with Gasteiger partial charge < -0.3 is 9.67 Å². The number of unbranched alkanes of at least 4 members (excludes halogenated alkanes) is 4. The fourth-order valence-corrected chi connectivity index (χ4v) is 3.65. The fourth-order valence-electron chi connectivity index (χ4n) is 3.65. The highest BCUT2D eigenvalue weighted by Gasteiger charge is 2.39. The molecule has 0 atom stereocenters. The summed E-state index contributed by atoms with van der Waals surface area (Å²) in [5.74, 6) is -1.72. The maximum absolute atomic E-state index is 13.9. The van der Waals surface area contributed by atoms with Gasteiger partial charge in [0, 0.05) is 24.1 Å². The number of imidazole rings is 1. The minimum absolute atomic E-state index is 0.123. The summed E-state index contributed by atoms with van der Waals surface area (Å²) in [4.78, 5) is 14.6. The van der Waals surface area contributed by atoms with E-state index in [0.717, 1.165) is 19.3 Å². The van der Waals surface area contributed by atoms with Gasteiger partial charge in [-0.25, -0.2) is 4.98 Å². The molecule has 4 nitrogen and oxygen atoms in total. The topological polar surface area (TPSA) is 55.1 Å². The molecule has 0 saturated carbocycles. The van der Waals surface area contributed by atoms with Gasteiger partial charge in [-0.2, -0.15) is 13.2 Å². The molecule has 0 aliphatic rings. The Morgan fingerprint density at radius 3 is 1.97 bits per heavy atom. The van der Waals surface area contributed by atoms with E-state index in [-0.39, 0.29) is 13.0 Å². The van der Waals surface area contributed by atoms with Crippen LogP contribution in [0.4, 0.5) is 13.2 Å². The van der Waals surface area contributed by atoms with Gasteiger partial charge in [0.25, 0.3) is 0 Å². The fraction of sp³-hybridized carbons (Fsp3) is 0.333. The average molecular weight is 430 g/mol. The molecule has 0 spiro atoms. The molecule has 0 amide bonds. The van der Waals surface area contributed by atoms with Gasteiger partial charge in [0.05, 0.1) is 11.4 Å². The lowest BCUT2D eigenvalue weighted by atomic mass is 10.0. The number of aliphatic carboxylic acids is 1. The van der Waals surface area contributed by atoms with E-state index < -0.39 is 18.0 Å². The lowest BCUT2D eigenvalue weighted by molar-refractivity contribution is -0.147. The summed E-state index contributed by atoms with van der Waals surface area (Å²) in [7, 11) is 0. The molecular weight excluding hydrogens is 405 g/mol. The Hall–Kier alpha value is -3.09. The van der Waals surface area contributed by atoms with Gasteiger partial charge in [0.1, 0.15) is 0 Å². The third-order valence-corrected chi connectivity index (χ3v) is 5.09. The molecule has 1 heterocycles. The molecule has 1 N–H and O–H groups in total. The molecule has 0 saturated heterocycles. The first-order valence-corrected chi connectivity index (χ1v) is 10.4. The quantitative estimate of drug-likeness (QED) is 0.366. The highest BCUT2D eigenvalue weighted by molar-refractivity contribution is 5.79. The average Bonchev–Trinajstić information content (AvgIpc) is 3.14. The smallest absolute Gasteiger partial charge is 0.449 e. The SMILES string of the molecule is O=C(O)CCCCCCCn1c(C(F)(F)F)nc(-c2ccccc2)c1-c1ccccc1. The Kier molecular flexibility index (Phi) is 7.50. The second-order valence-corrected chi connectivity index (χ2v) is 7.43. The molecule has 0 bridgehead atoms. The Morgan fingerprint density at radius 1 is 0.839 bits per heavy atom. The Bertz CT molecular complexity index is 983. The molecule has 2 aromatic carbocycles. The molecule has 0 aliphatic heterocycles. The van der Waals surface area contributed by atoms with Crippen LogP contribution in [0.2, 0.25) is 0 Å². The molecule has 0 unspecified atom stereocenters. The summed E-state index contributed by atoms with van der Waals surface area (Å²) in [5, 5.41) is 8.69. The monoisotopic (exact) mass is 430 g/mol. The van der Waals surface area contributed by atoms with E-state index in [1.807, 2.05) is 12.1 Å². The Morgan fingerprint density at radius 2 is 1.39 bits per heavy atom. The van der Waals surface area contributed by atoms with Crippen molar-refractivity contribution in [1.29, 1.82) is 0 Å². The van der Waals surface area contributed by atoms with Gasteiger partial charge >= 0.3 is 12.1 Å². The number of aromatic nitrogens is 2. The molecule has 3 rings (SSSR count). The number of carboxylic acids is 1. The van der Waals surface area contributed by atoms with Gasteiger partial charge in [-0.1, -0.05) is 79.9 Å². The van der Waals surface area contributed by atoms with Crippen molar-refractivity contribution in [3.05, 3.63) is 66.5 Å². The minimum Gasteiger partial charge on any atom is -0.481 e. The van der Waals surface area contributed by atoms with Gasteiger partial charge in [-0.05, 0) is 12.8 Å². The van der Waals surface area contributed by atoms with E-state index in [1.54, 1.807) is 48.5 Å². The van der Waals surface area contributed by atoms with Crippen molar-refractivity contribution in [2.45, 2.75) is 51.2 Å². The first-order chi connectivity index (χ1) is 14.9. The summed E-state index contributed by atoms with van der Waals surface area (Å²) < 4.78 is 42.9. The number of hydrogen-bond donors (Lipinski definition) is 1. The highest BCUT2D eigenvalue weighted by Crippen LogP contribution is 2.38. The zero-order valence-electron chi connectivity index (χ0n) is 17.1. The van der Waals surface area contributed by atoms with Crippen LogP contribution in [0.3, 0.4) is 0 Å². The van der Waals surface area contributed by atoms with Crippen molar-refractivity contribution in [1.82, 2.24) is 9.55 Å². The number of rotatable bonds is 10. The van der Waals surface area contributed by atoms with Crippen LogP contribution in [0.5, 0.6) is 0 Å². The van der Waals surface area contributed by atoms with Crippen molar-refractivity contribution in [3.63, 3.8) is 0 Å². The van der Waals surface area contributed by atoms with E-state index in [1.165, 1.54) is 4.57 Å². The molecule has 3 aromatic rings. The summed E-state index contributed by atoms with van der Waals surface area (Å²) in [6, 6.07) is 17.9. The van der Waals surface area contributed by atoms with Crippen LogP contribution >= 0.6 is 0 Å². The lowest BCUT2D eigenvalue weighted by Crippen LogP contribution is -2.16. The summed E-state index contributed by atoms with van der Waals surface area (Å²) >= 11 is 0. The predicted molar refractivity (Wildman–Crippen MR) is 113 cm³/mol. The number of alkyl halides is 3. The number of hydrogen-bond acceptors (Lipinski definition) is 2. The second kappa shape index (κ2) is 10.3. The maximum Gasteiger partial charge on any atom is 0.449 e. The zero-order chi connectivity index (χ0) is 22.3. The summed E-state index contributed by atoms with van der Waals surface area (Å²) in [5.41, 5.74) is 2.11. The maximum atomic E-state index is 13.9. The van der Waals surface area contributed by atoms with E-state index in [9.17, 15) is 18.0 Å².